The summed E-state index contributed by atoms with van der Waals surface area (Å²) in [5.41, 5.74) is 3.45. The van der Waals surface area contributed by atoms with Crippen LogP contribution in [0.2, 0.25) is 0 Å². The van der Waals surface area contributed by atoms with E-state index in [-0.39, 0.29) is 0 Å². The molecule has 1 aromatic carbocycles. The first-order chi connectivity index (χ1) is 11.6. The second-order valence-electron chi connectivity index (χ2n) is 5.83. The van der Waals surface area contributed by atoms with Gasteiger partial charge < -0.3 is 14.6 Å². The molecule has 1 N–H and O–H groups in total. The average Bonchev–Trinajstić information content (AvgIpc) is 2.96. The van der Waals surface area contributed by atoms with Crippen molar-refractivity contribution in [3.05, 3.63) is 45.1 Å². The van der Waals surface area contributed by atoms with E-state index in [0.717, 1.165) is 43.0 Å². The van der Waals surface area contributed by atoms with Gasteiger partial charge in [0, 0.05) is 19.6 Å². The molecular formula is C18H21NO4S. The van der Waals surface area contributed by atoms with Gasteiger partial charge in [-0.25, -0.2) is 4.79 Å². The quantitative estimate of drug-likeness (QED) is 0.901. The van der Waals surface area contributed by atoms with Crippen LogP contribution in [0, 0.1) is 0 Å². The molecule has 24 heavy (non-hydrogen) atoms. The van der Waals surface area contributed by atoms with E-state index in [2.05, 4.69) is 17.0 Å². The Bertz CT molecular complexity index is 706. The molecule has 1 aliphatic heterocycles. The summed E-state index contributed by atoms with van der Waals surface area (Å²) in [7, 11) is 3.30. The molecule has 0 saturated heterocycles. The minimum Gasteiger partial charge on any atom is -0.493 e. The van der Waals surface area contributed by atoms with Gasteiger partial charge in [-0.05, 0) is 53.1 Å². The van der Waals surface area contributed by atoms with Crippen LogP contribution in [0.1, 0.15) is 26.4 Å². The minimum absolute atomic E-state index is 0.445. The summed E-state index contributed by atoms with van der Waals surface area (Å²) < 4.78 is 10.8. The van der Waals surface area contributed by atoms with Gasteiger partial charge in [-0.2, -0.15) is 0 Å². The van der Waals surface area contributed by atoms with E-state index in [4.69, 9.17) is 9.47 Å². The van der Waals surface area contributed by atoms with Crippen molar-refractivity contribution in [2.75, 3.05) is 27.3 Å². The summed E-state index contributed by atoms with van der Waals surface area (Å²) in [6.45, 7) is 2.47. The Labute approximate surface area is 145 Å². The van der Waals surface area contributed by atoms with E-state index in [1.165, 1.54) is 22.5 Å². The molecule has 0 radical (unpaired) electrons. The van der Waals surface area contributed by atoms with E-state index in [9.17, 15) is 9.90 Å². The van der Waals surface area contributed by atoms with E-state index < -0.39 is 5.97 Å². The molecule has 0 atom stereocenters. The number of methoxy groups -OCH3 is 2. The smallest absolute Gasteiger partial charge is 0.346 e. The zero-order valence-electron chi connectivity index (χ0n) is 13.9. The number of ether oxygens (including phenoxy) is 2. The number of fused-ring (bicyclic) bond motifs is 1. The molecule has 0 unspecified atom stereocenters. The van der Waals surface area contributed by atoms with Crippen molar-refractivity contribution in [2.45, 2.75) is 19.4 Å². The lowest BCUT2D eigenvalue weighted by atomic mass is 10.0. The third kappa shape index (κ3) is 3.39. The maximum atomic E-state index is 11.3. The van der Waals surface area contributed by atoms with Crippen LogP contribution in [-0.4, -0.2) is 43.3 Å². The fourth-order valence-electron chi connectivity index (χ4n) is 3.14. The molecule has 0 saturated carbocycles. The fraction of sp³-hybridized carbons (Fsp3) is 0.389. The summed E-state index contributed by atoms with van der Waals surface area (Å²) in [5.74, 6) is 0.680. The fourth-order valence-corrected chi connectivity index (χ4v) is 3.90. The van der Waals surface area contributed by atoms with Crippen molar-refractivity contribution in [3.8, 4) is 11.5 Å². The zero-order valence-corrected chi connectivity index (χ0v) is 14.7. The number of rotatable bonds is 5. The zero-order chi connectivity index (χ0) is 17.1. The second-order valence-corrected chi connectivity index (χ2v) is 6.75. The number of carboxylic acid groups (broad SMARTS) is 1. The van der Waals surface area contributed by atoms with Crippen molar-refractivity contribution >= 4 is 17.3 Å². The van der Waals surface area contributed by atoms with Gasteiger partial charge in [0.1, 0.15) is 4.88 Å². The molecule has 5 nitrogen and oxygen atoms in total. The first-order valence-electron chi connectivity index (χ1n) is 7.88. The molecule has 1 aromatic heterocycles. The lowest BCUT2D eigenvalue weighted by molar-refractivity contribution is 0.0700. The monoisotopic (exact) mass is 347 g/mol. The number of aromatic carboxylic acids is 1. The maximum Gasteiger partial charge on any atom is 0.346 e. The van der Waals surface area contributed by atoms with Gasteiger partial charge in [0.25, 0.3) is 0 Å². The predicted octanol–water partition coefficient (Wildman–Crippen LogP) is 3.06. The minimum atomic E-state index is -0.840. The number of carbonyl (C=O) groups is 1. The largest absolute Gasteiger partial charge is 0.493 e. The lowest BCUT2D eigenvalue weighted by Crippen LogP contribution is -2.26. The van der Waals surface area contributed by atoms with Crippen LogP contribution in [0.5, 0.6) is 11.5 Å². The van der Waals surface area contributed by atoms with Crippen LogP contribution in [0.3, 0.4) is 0 Å². The standard InChI is InChI=1S/C18H21NO4S/c1-22-15-9-12-3-6-19(7-4-13(12)10-16(15)23-2)11-14-5-8-24-17(14)18(20)21/h5,8-10H,3-4,6-7,11H2,1-2H3,(H,20,21). The van der Waals surface area contributed by atoms with Gasteiger partial charge in [-0.15, -0.1) is 11.3 Å². The van der Waals surface area contributed by atoms with Crippen LogP contribution in [0.25, 0.3) is 0 Å². The molecule has 6 heteroatoms. The van der Waals surface area contributed by atoms with Crippen molar-refractivity contribution in [2.24, 2.45) is 0 Å². The summed E-state index contributed by atoms with van der Waals surface area (Å²) in [6, 6.07) is 6.04. The van der Waals surface area contributed by atoms with Gasteiger partial charge in [-0.1, -0.05) is 0 Å². The first kappa shape index (κ1) is 16.8. The maximum absolute atomic E-state index is 11.3. The second kappa shape index (κ2) is 7.23. The Morgan fingerprint density at radius 3 is 2.25 bits per heavy atom. The number of carboxylic acids is 1. The van der Waals surface area contributed by atoms with Gasteiger partial charge >= 0.3 is 5.97 Å². The highest BCUT2D eigenvalue weighted by Gasteiger charge is 2.19. The Kier molecular flexibility index (Phi) is 5.06. The van der Waals surface area contributed by atoms with Gasteiger partial charge in [0.2, 0.25) is 0 Å². The van der Waals surface area contributed by atoms with E-state index in [1.807, 2.05) is 11.4 Å². The summed E-state index contributed by atoms with van der Waals surface area (Å²) in [6.07, 6.45) is 1.84. The predicted molar refractivity (Wildman–Crippen MR) is 93.5 cm³/mol. The van der Waals surface area contributed by atoms with Crippen LogP contribution < -0.4 is 9.47 Å². The molecular weight excluding hydrogens is 326 g/mol. The first-order valence-corrected chi connectivity index (χ1v) is 8.76. The number of thiophene rings is 1. The number of hydrogen-bond donors (Lipinski definition) is 1. The third-order valence-corrected chi connectivity index (χ3v) is 5.38. The molecule has 0 aliphatic carbocycles. The Morgan fingerprint density at radius 1 is 1.17 bits per heavy atom. The molecule has 0 amide bonds. The number of nitrogens with zero attached hydrogens (tertiary/aromatic N) is 1. The summed E-state index contributed by atoms with van der Waals surface area (Å²) in [4.78, 5) is 14.0. The molecule has 0 spiro atoms. The average molecular weight is 347 g/mol. The Hall–Kier alpha value is -2.05. The molecule has 1 aliphatic rings. The van der Waals surface area contributed by atoms with Crippen LogP contribution in [0.15, 0.2) is 23.6 Å². The highest BCUT2D eigenvalue weighted by Crippen LogP contribution is 2.32. The molecule has 2 heterocycles. The Balaban J connectivity index is 1.76. The van der Waals surface area contributed by atoms with Crippen LogP contribution in [0.4, 0.5) is 0 Å². The topological polar surface area (TPSA) is 59.0 Å². The molecule has 128 valence electrons. The highest BCUT2D eigenvalue weighted by molar-refractivity contribution is 7.12. The van der Waals surface area contributed by atoms with E-state index >= 15 is 0 Å². The molecule has 0 bridgehead atoms. The van der Waals surface area contributed by atoms with Crippen molar-refractivity contribution in [3.63, 3.8) is 0 Å². The molecule has 0 fully saturated rings. The lowest BCUT2D eigenvalue weighted by Gasteiger charge is -2.19. The normalized spacial score (nSPS) is 14.8. The number of hydrogen-bond acceptors (Lipinski definition) is 5. The van der Waals surface area contributed by atoms with Crippen molar-refractivity contribution in [1.29, 1.82) is 0 Å². The highest BCUT2D eigenvalue weighted by atomic mass is 32.1. The van der Waals surface area contributed by atoms with Gasteiger partial charge in [-0.3, -0.25) is 4.90 Å². The SMILES string of the molecule is COc1cc2c(cc1OC)CCN(Cc1ccsc1C(=O)O)CC2. The van der Waals surface area contributed by atoms with E-state index in [0.29, 0.717) is 11.4 Å². The Morgan fingerprint density at radius 2 is 1.75 bits per heavy atom. The molecule has 3 rings (SSSR count). The summed E-state index contributed by atoms with van der Waals surface area (Å²) in [5, 5.41) is 11.1. The van der Waals surface area contributed by atoms with Crippen LogP contribution in [-0.2, 0) is 19.4 Å². The number of benzene rings is 1. The van der Waals surface area contributed by atoms with E-state index in [1.54, 1.807) is 14.2 Å². The molecule has 2 aromatic rings. The van der Waals surface area contributed by atoms with Crippen LogP contribution >= 0.6 is 11.3 Å². The third-order valence-electron chi connectivity index (χ3n) is 4.44. The van der Waals surface area contributed by atoms with Crippen molar-refractivity contribution < 1.29 is 19.4 Å². The van der Waals surface area contributed by atoms with Gasteiger partial charge in [0.05, 0.1) is 14.2 Å². The summed E-state index contributed by atoms with van der Waals surface area (Å²) >= 11 is 1.29. The van der Waals surface area contributed by atoms with Crippen molar-refractivity contribution in [1.82, 2.24) is 4.90 Å². The van der Waals surface area contributed by atoms with Gasteiger partial charge in [0.15, 0.2) is 11.5 Å².